The van der Waals surface area contributed by atoms with Crippen LogP contribution in [0.15, 0.2) is 0 Å². The number of carbonyl (C=O) groups is 2. The molecule has 0 radical (unpaired) electrons. The summed E-state index contributed by atoms with van der Waals surface area (Å²) in [6, 6.07) is 0. The molecule has 0 aromatic heterocycles. The molecule has 0 saturated heterocycles. The van der Waals surface area contributed by atoms with Crippen LogP contribution in [0.1, 0.15) is 12.8 Å². The maximum absolute atomic E-state index is 10.3. The average Bonchev–Trinajstić information content (AvgIpc) is 1.63. The normalized spacial score (nSPS) is 9.00. The van der Waals surface area contributed by atoms with Gasteiger partial charge in [-0.25, -0.2) is 0 Å². The molecule has 52 valence electrons. The number of hydrogen-bond acceptors (Lipinski definition) is 3. The van der Waals surface area contributed by atoms with E-state index >= 15 is 0 Å². The molecule has 0 aromatic carbocycles. The average molecular weight is 132 g/mol. The molecule has 4 heteroatoms. The summed E-state index contributed by atoms with van der Waals surface area (Å²) in [7, 11) is 0. The van der Waals surface area contributed by atoms with Gasteiger partial charge in [-0.3, -0.25) is 9.59 Å². The Morgan fingerprint density at radius 2 is 1.89 bits per heavy atom. The Balaban J connectivity index is 3.39. The van der Waals surface area contributed by atoms with Crippen LogP contribution in [-0.2, 0) is 9.59 Å². The van der Waals surface area contributed by atoms with Crippen molar-refractivity contribution in [3.05, 3.63) is 0 Å². The fourth-order valence-electron chi connectivity index (χ4n) is 0.382. The minimum atomic E-state index is -1.14. The molecule has 0 rings (SSSR count). The van der Waals surface area contributed by atoms with Crippen molar-refractivity contribution in [2.24, 2.45) is 0 Å². The SMILES string of the molecule is O=C(O)CC(=O)CCO. The number of Topliss-reactive ketones (excluding diaryl/α,β-unsaturated/α-hetero) is 1. The van der Waals surface area contributed by atoms with E-state index in [1.807, 2.05) is 0 Å². The Morgan fingerprint density at radius 3 is 2.22 bits per heavy atom. The number of aliphatic carboxylic acids is 1. The highest BCUT2D eigenvalue weighted by molar-refractivity contribution is 5.94. The van der Waals surface area contributed by atoms with Gasteiger partial charge in [0.2, 0.25) is 0 Å². The van der Waals surface area contributed by atoms with Crippen molar-refractivity contribution < 1.29 is 19.8 Å². The molecule has 0 bridgehead atoms. The van der Waals surface area contributed by atoms with Gasteiger partial charge in [-0.2, -0.15) is 0 Å². The van der Waals surface area contributed by atoms with E-state index in [4.69, 9.17) is 10.2 Å². The fraction of sp³-hybridized carbons (Fsp3) is 0.600. The van der Waals surface area contributed by atoms with Crippen LogP contribution in [0.2, 0.25) is 0 Å². The quantitative estimate of drug-likeness (QED) is 0.501. The molecular formula is C5H8O4. The summed E-state index contributed by atoms with van der Waals surface area (Å²) in [5.41, 5.74) is 0. The molecule has 0 amide bonds. The Hall–Kier alpha value is -0.900. The second-order valence-corrected chi connectivity index (χ2v) is 1.58. The number of carboxylic acid groups (broad SMARTS) is 1. The summed E-state index contributed by atoms with van der Waals surface area (Å²) in [5.74, 6) is -1.58. The monoisotopic (exact) mass is 132 g/mol. The Bertz CT molecular complexity index is 118. The number of ketones is 1. The first-order valence-electron chi connectivity index (χ1n) is 2.51. The van der Waals surface area contributed by atoms with Gasteiger partial charge in [0.1, 0.15) is 12.2 Å². The van der Waals surface area contributed by atoms with Crippen molar-refractivity contribution in [3.8, 4) is 0 Å². The molecule has 0 aliphatic carbocycles. The van der Waals surface area contributed by atoms with Crippen LogP contribution in [0.4, 0.5) is 0 Å². The van der Waals surface area contributed by atoms with E-state index < -0.39 is 18.2 Å². The molecule has 0 spiro atoms. The Kier molecular flexibility index (Phi) is 3.62. The van der Waals surface area contributed by atoms with Crippen LogP contribution in [0.3, 0.4) is 0 Å². The molecule has 0 fully saturated rings. The molecule has 2 N–H and O–H groups in total. The molecule has 0 aliphatic heterocycles. The molecule has 4 nitrogen and oxygen atoms in total. The van der Waals surface area contributed by atoms with Crippen LogP contribution >= 0.6 is 0 Å². The van der Waals surface area contributed by atoms with Gasteiger partial charge in [0, 0.05) is 13.0 Å². The van der Waals surface area contributed by atoms with Gasteiger partial charge in [0.15, 0.2) is 0 Å². The summed E-state index contributed by atoms with van der Waals surface area (Å²) in [5, 5.41) is 16.1. The van der Waals surface area contributed by atoms with Crippen molar-refractivity contribution in [1.82, 2.24) is 0 Å². The Labute approximate surface area is 52.1 Å². The molecule has 0 heterocycles. The van der Waals surface area contributed by atoms with Gasteiger partial charge < -0.3 is 10.2 Å². The van der Waals surface area contributed by atoms with Crippen molar-refractivity contribution in [2.45, 2.75) is 12.8 Å². The maximum atomic E-state index is 10.3. The van der Waals surface area contributed by atoms with Gasteiger partial charge in [-0.1, -0.05) is 0 Å². The Morgan fingerprint density at radius 1 is 1.33 bits per heavy atom. The summed E-state index contributed by atoms with van der Waals surface area (Å²) < 4.78 is 0. The largest absolute Gasteiger partial charge is 0.481 e. The van der Waals surface area contributed by atoms with Gasteiger partial charge in [-0.15, -0.1) is 0 Å². The smallest absolute Gasteiger partial charge is 0.310 e. The maximum Gasteiger partial charge on any atom is 0.310 e. The van der Waals surface area contributed by atoms with Gasteiger partial charge in [0.25, 0.3) is 0 Å². The highest BCUT2D eigenvalue weighted by Gasteiger charge is 2.05. The second kappa shape index (κ2) is 4.03. The lowest BCUT2D eigenvalue weighted by Crippen LogP contribution is -2.07. The van der Waals surface area contributed by atoms with Gasteiger partial charge in [0.05, 0.1) is 0 Å². The lowest BCUT2D eigenvalue weighted by Gasteiger charge is -1.90. The molecule has 0 saturated carbocycles. The topological polar surface area (TPSA) is 74.6 Å². The minimum absolute atomic E-state index is 0.0632. The molecule has 0 atom stereocenters. The predicted molar refractivity (Wildman–Crippen MR) is 29.0 cm³/mol. The van der Waals surface area contributed by atoms with E-state index in [0.29, 0.717) is 0 Å². The first-order chi connectivity index (χ1) is 4.16. The highest BCUT2D eigenvalue weighted by atomic mass is 16.4. The van der Waals surface area contributed by atoms with Crippen LogP contribution < -0.4 is 0 Å². The summed E-state index contributed by atoms with van der Waals surface area (Å²) in [4.78, 5) is 20.1. The van der Waals surface area contributed by atoms with Crippen LogP contribution in [-0.4, -0.2) is 28.6 Å². The standard InChI is InChI=1S/C5H8O4/c6-2-1-4(7)3-5(8)9/h6H,1-3H2,(H,8,9). The summed E-state index contributed by atoms with van der Waals surface area (Å²) in [6.45, 7) is -0.272. The van der Waals surface area contributed by atoms with E-state index in [1.165, 1.54) is 0 Å². The van der Waals surface area contributed by atoms with Crippen LogP contribution in [0.25, 0.3) is 0 Å². The van der Waals surface area contributed by atoms with Crippen molar-refractivity contribution in [3.63, 3.8) is 0 Å². The molecule has 0 unspecified atom stereocenters. The van der Waals surface area contributed by atoms with Crippen molar-refractivity contribution in [1.29, 1.82) is 0 Å². The van der Waals surface area contributed by atoms with E-state index in [2.05, 4.69) is 0 Å². The summed E-state index contributed by atoms with van der Waals surface area (Å²) >= 11 is 0. The van der Waals surface area contributed by atoms with E-state index in [-0.39, 0.29) is 13.0 Å². The van der Waals surface area contributed by atoms with E-state index in [1.54, 1.807) is 0 Å². The molecule has 0 aromatic rings. The lowest BCUT2D eigenvalue weighted by molar-refractivity contribution is -0.140. The second-order valence-electron chi connectivity index (χ2n) is 1.58. The van der Waals surface area contributed by atoms with Gasteiger partial charge in [-0.05, 0) is 0 Å². The predicted octanol–water partition coefficient (Wildman–Crippen LogP) is -0.587. The summed E-state index contributed by atoms with van der Waals surface area (Å²) in [6.07, 6.45) is -0.549. The van der Waals surface area contributed by atoms with Gasteiger partial charge >= 0.3 is 5.97 Å². The van der Waals surface area contributed by atoms with E-state index in [9.17, 15) is 9.59 Å². The third-order valence-corrected chi connectivity index (χ3v) is 0.739. The van der Waals surface area contributed by atoms with E-state index in [0.717, 1.165) is 0 Å². The lowest BCUT2D eigenvalue weighted by atomic mass is 10.2. The first-order valence-corrected chi connectivity index (χ1v) is 2.51. The minimum Gasteiger partial charge on any atom is -0.481 e. The molecule has 9 heavy (non-hydrogen) atoms. The molecular weight excluding hydrogens is 124 g/mol. The number of aliphatic hydroxyl groups is 1. The highest BCUT2D eigenvalue weighted by Crippen LogP contribution is 1.87. The number of hydrogen-bond donors (Lipinski definition) is 2. The third-order valence-electron chi connectivity index (χ3n) is 0.739. The zero-order valence-corrected chi connectivity index (χ0v) is 4.83. The first kappa shape index (κ1) is 8.10. The molecule has 0 aliphatic rings. The van der Waals surface area contributed by atoms with Crippen molar-refractivity contribution >= 4 is 11.8 Å². The zero-order chi connectivity index (χ0) is 7.28. The van der Waals surface area contributed by atoms with Crippen LogP contribution in [0.5, 0.6) is 0 Å². The number of rotatable bonds is 4. The number of carboxylic acids is 1. The fourth-order valence-corrected chi connectivity index (χ4v) is 0.382. The van der Waals surface area contributed by atoms with Crippen LogP contribution in [0, 0.1) is 0 Å². The number of aliphatic hydroxyl groups excluding tert-OH is 1. The third kappa shape index (κ3) is 4.96. The van der Waals surface area contributed by atoms with Crippen molar-refractivity contribution in [2.75, 3.05) is 6.61 Å². The number of carbonyl (C=O) groups excluding carboxylic acids is 1. The zero-order valence-electron chi connectivity index (χ0n) is 4.83.